The lowest BCUT2D eigenvalue weighted by Crippen LogP contribution is -1.96. The van der Waals surface area contributed by atoms with E-state index in [0.29, 0.717) is 13.2 Å². The van der Waals surface area contributed by atoms with Gasteiger partial charge in [0.1, 0.15) is 0 Å². The summed E-state index contributed by atoms with van der Waals surface area (Å²) in [5, 5.41) is 0.326. The molecule has 0 amide bonds. The molecule has 0 aromatic heterocycles. The Morgan fingerprint density at radius 1 is 0.857 bits per heavy atom. The molecule has 0 aromatic carbocycles. The number of hydrogen-bond acceptors (Lipinski definition) is 2. The predicted molar refractivity (Wildman–Crippen MR) is 60.5 cm³/mol. The molecule has 0 N–H and O–H groups in total. The van der Waals surface area contributed by atoms with Crippen LogP contribution in [0.4, 0.5) is 0 Å². The number of ether oxygens (including phenoxy) is 2. The van der Waals surface area contributed by atoms with Crippen molar-refractivity contribution in [3.8, 4) is 0 Å². The monoisotopic (exact) mass is 240 g/mol. The van der Waals surface area contributed by atoms with E-state index < -0.39 is 0 Å². The van der Waals surface area contributed by atoms with Gasteiger partial charge in [0.15, 0.2) is 0 Å². The Balaban J connectivity index is 3.66. The first-order chi connectivity index (χ1) is 6.72. The lowest BCUT2D eigenvalue weighted by molar-refractivity contribution is 0.181. The van der Waals surface area contributed by atoms with Gasteiger partial charge >= 0.3 is 0 Å². The van der Waals surface area contributed by atoms with Gasteiger partial charge in [-0.05, 0) is 36.0 Å². The summed E-state index contributed by atoms with van der Waals surface area (Å²) < 4.78 is 10.3. The Labute approximate surface area is 96.2 Å². The van der Waals surface area contributed by atoms with Crippen LogP contribution in [0.2, 0.25) is 0 Å². The summed E-state index contributed by atoms with van der Waals surface area (Å²) in [4.78, 5) is 0. The van der Waals surface area contributed by atoms with E-state index in [9.17, 15) is 0 Å². The van der Waals surface area contributed by atoms with Crippen LogP contribution in [0.15, 0.2) is 10.4 Å². The van der Waals surface area contributed by atoms with Crippen molar-refractivity contribution in [2.75, 3.05) is 13.2 Å². The standard InChI is InChI=1S/C10H18Cl2O2/c1-3-5-7-13-9(11)10(12)14-8-6-4-2/h3-8H2,1-2H3. The zero-order valence-corrected chi connectivity index (χ0v) is 10.3. The lowest BCUT2D eigenvalue weighted by Gasteiger charge is -2.07. The summed E-state index contributed by atoms with van der Waals surface area (Å²) in [6.07, 6.45) is 4.07. The largest absolute Gasteiger partial charge is 0.480 e. The Morgan fingerprint density at radius 3 is 1.50 bits per heavy atom. The van der Waals surface area contributed by atoms with E-state index in [2.05, 4.69) is 13.8 Å². The predicted octanol–water partition coefficient (Wildman–Crippen LogP) is 4.22. The van der Waals surface area contributed by atoms with E-state index in [0.717, 1.165) is 25.7 Å². The Morgan fingerprint density at radius 2 is 1.21 bits per heavy atom. The first-order valence-corrected chi connectivity index (χ1v) is 5.78. The van der Waals surface area contributed by atoms with Crippen molar-refractivity contribution >= 4 is 23.2 Å². The quantitative estimate of drug-likeness (QED) is 0.467. The van der Waals surface area contributed by atoms with Crippen LogP contribution in [0.25, 0.3) is 0 Å². The molecule has 0 fully saturated rings. The number of hydrogen-bond donors (Lipinski definition) is 0. The van der Waals surface area contributed by atoms with Gasteiger partial charge < -0.3 is 9.47 Å². The molecule has 0 saturated carbocycles. The zero-order chi connectivity index (χ0) is 10.8. The Bertz CT molecular complexity index is 152. The molecule has 2 nitrogen and oxygen atoms in total. The van der Waals surface area contributed by atoms with Crippen LogP contribution < -0.4 is 0 Å². The van der Waals surface area contributed by atoms with E-state index in [-0.39, 0.29) is 10.4 Å². The minimum atomic E-state index is 0.163. The van der Waals surface area contributed by atoms with Crippen molar-refractivity contribution < 1.29 is 9.47 Å². The van der Waals surface area contributed by atoms with Crippen molar-refractivity contribution in [1.82, 2.24) is 0 Å². The van der Waals surface area contributed by atoms with Crippen LogP contribution in [0.5, 0.6) is 0 Å². The molecule has 0 rings (SSSR count). The molecule has 14 heavy (non-hydrogen) atoms. The Hall–Kier alpha value is -0.0800. The highest BCUT2D eigenvalue weighted by Gasteiger charge is 2.03. The van der Waals surface area contributed by atoms with E-state index in [4.69, 9.17) is 32.7 Å². The summed E-state index contributed by atoms with van der Waals surface area (Å²) in [6, 6.07) is 0. The summed E-state index contributed by atoms with van der Waals surface area (Å²) >= 11 is 11.5. The Kier molecular flexibility index (Phi) is 9.42. The molecule has 0 unspecified atom stereocenters. The molecule has 0 heterocycles. The highest BCUT2D eigenvalue weighted by atomic mass is 35.5. The van der Waals surface area contributed by atoms with Gasteiger partial charge in [0.05, 0.1) is 13.2 Å². The molecule has 4 heteroatoms. The summed E-state index contributed by atoms with van der Waals surface area (Å²) in [5.41, 5.74) is 0. The highest BCUT2D eigenvalue weighted by Crippen LogP contribution is 2.17. The average Bonchev–Trinajstić information content (AvgIpc) is 2.18. The summed E-state index contributed by atoms with van der Waals surface area (Å²) in [5.74, 6) is 0. The molecular weight excluding hydrogens is 223 g/mol. The SMILES string of the molecule is CCCCOC(Cl)=C(Cl)OCCCC. The third-order valence-electron chi connectivity index (χ3n) is 1.61. The number of rotatable bonds is 8. The van der Waals surface area contributed by atoms with Crippen LogP contribution in [-0.2, 0) is 9.47 Å². The fourth-order valence-electron chi connectivity index (χ4n) is 0.726. The lowest BCUT2D eigenvalue weighted by atomic mass is 10.4. The van der Waals surface area contributed by atoms with E-state index in [1.54, 1.807) is 0 Å². The van der Waals surface area contributed by atoms with Crippen LogP contribution in [-0.4, -0.2) is 13.2 Å². The second-order valence-corrected chi connectivity index (χ2v) is 3.64. The summed E-state index contributed by atoms with van der Waals surface area (Å²) in [6.45, 7) is 5.34. The van der Waals surface area contributed by atoms with Crippen molar-refractivity contribution in [2.24, 2.45) is 0 Å². The second kappa shape index (κ2) is 9.47. The van der Waals surface area contributed by atoms with Crippen molar-refractivity contribution in [1.29, 1.82) is 0 Å². The minimum Gasteiger partial charge on any atom is -0.480 e. The maximum atomic E-state index is 5.75. The molecule has 0 atom stereocenters. The maximum Gasteiger partial charge on any atom is 0.242 e. The van der Waals surface area contributed by atoms with E-state index in [1.165, 1.54) is 0 Å². The van der Waals surface area contributed by atoms with Crippen molar-refractivity contribution in [2.45, 2.75) is 39.5 Å². The first kappa shape index (κ1) is 13.9. The van der Waals surface area contributed by atoms with Gasteiger partial charge in [0, 0.05) is 0 Å². The van der Waals surface area contributed by atoms with Crippen LogP contribution in [0.1, 0.15) is 39.5 Å². The van der Waals surface area contributed by atoms with Gasteiger partial charge in [-0.25, -0.2) is 0 Å². The molecule has 0 aliphatic heterocycles. The number of halogens is 2. The smallest absolute Gasteiger partial charge is 0.242 e. The molecule has 0 aromatic rings. The average molecular weight is 241 g/mol. The van der Waals surface area contributed by atoms with Crippen molar-refractivity contribution in [3.63, 3.8) is 0 Å². The van der Waals surface area contributed by atoms with Gasteiger partial charge in [-0.15, -0.1) is 0 Å². The van der Waals surface area contributed by atoms with Gasteiger partial charge in [0.2, 0.25) is 10.4 Å². The molecule has 0 saturated heterocycles. The third kappa shape index (κ3) is 7.34. The van der Waals surface area contributed by atoms with Crippen LogP contribution in [0, 0.1) is 0 Å². The zero-order valence-electron chi connectivity index (χ0n) is 8.82. The van der Waals surface area contributed by atoms with Gasteiger partial charge in [0.25, 0.3) is 0 Å². The van der Waals surface area contributed by atoms with Crippen molar-refractivity contribution in [3.05, 3.63) is 10.4 Å². The first-order valence-electron chi connectivity index (χ1n) is 5.03. The third-order valence-corrected chi connectivity index (χ3v) is 2.27. The van der Waals surface area contributed by atoms with Gasteiger partial charge in [-0.3, -0.25) is 0 Å². The highest BCUT2D eigenvalue weighted by molar-refractivity contribution is 6.37. The normalized spacial score (nSPS) is 12.3. The van der Waals surface area contributed by atoms with Gasteiger partial charge in [-0.2, -0.15) is 0 Å². The maximum absolute atomic E-state index is 5.75. The van der Waals surface area contributed by atoms with Crippen LogP contribution in [0.3, 0.4) is 0 Å². The molecule has 0 spiro atoms. The second-order valence-electron chi connectivity index (χ2n) is 2.95. The molecule has 84 valence electrons. The molecule has 0 aliphatic rings. The number of unbranched alkanes of at least 4 members (excludes halogenated alkanes) is 2. The molecule has 0 radical (unpaired) electrons. The van der Waals surface area contributed by atoms with Crippen LogP contribution >= 0.6 is 23.2 Å². The molecule has 0 aliphatic carbocycles. The topological polar surface area (TPSA) is 18.5 Å². The minimum absolute atomic E-state index is 0.163. The molecule has 0 bridgehead atoms. The molecular formula is C10H18Cl2O2. The van der Waals surface area contributed by atoms with E-state index in [1.807, 2.05) is 0 Å². The van der Waals surface area contributed by atoms with E-state index >= 15 is 0 Å². The fraction of sp³-hybridized carbons (Fsp3) is 0.800. The van der Waals surface area contributed by atoms with Gasteiger partial charge in [-0.1, -0.05) is 26.7 Å². The summed E-state index contributed by atoms with van der Waals surface area (Å²) in [7, 11) is 0. The fourth-order valence-corrected chi connectivity index (χ4v) is 0.989.